The Morgan fingerprint density at radius 2 is 1.34 bits per heavy atom. The summed E-state index contributed by atoms with van der Waals surface area (Å²) in [4.78, 5) is 5.04. The predicted octanol–water partition coefficient (Wildman–Crippen LogP) is 9.81. The normalized spacial score (nSPS) is 16.2. The zero-order valence-electron chi connectivity index (χ0n) is 23.5. The lowest BCUT2D eigenvalue weighted by Crippen LogP contribution is -2.18. The van der Waals surface area contributed by atoms with Gasteiger partial charge in [0.15, 0.2) is 0 Å². The van der Waals surface area contributed by atoms with Crippen LogP contribution in [0, 0.1) is 0 Å². The first-order valence-corrected chi connectivity index (χ1v) is 13.8. The predicted molar refractivity (Wildman–Crippen MR) is 161 cm³/mol. The lowest BCUT2D eigenvalue weighted by Gasteiger charge is -2.26. The monoisotopic (exact) mass is 493 g/mol. The molecule has 4 aromatic carbocycles. The van der Waals surface area contributed by atoms with Crippen LogP contribution in [-0.2, 0) is 16.2 Å². The third kappa shape index (κ3) is 3.02. The number of fused-ring (bicyclic) bond motifs is 8. The Kier molecular flexibility index (Phi) is 4.59. The van der Waals surface area contributed by atoms with E-state index in [2.05, 4.69) is 127 Å². The summed E-state index contributed by atoms with van der Waals surface area (Å²) in [6.07, 6.45) is 2.00. The topological polar surface area (TPSA) is 12.9 Å². The maximum absolute atomic E-state index is 5.04. The largest absolute Gasteiger partial charge is 0.256 e. The molecule has 0 spiro atoms. The SMILES string of the molecule is CC(C)(C)c1ccc2c(c1)C(C)(C)c1ccc(-c3nccc4c3C(C)(C)c3c-4ccc4ccccc34)cc1-2. The molecule has 0 unspecified atom stereocenters. The van der Waals surface area contributed by atoms with Crippen LogP contribution in [0.3, 0.4) is 0 Å². The van der Waals surface area contributed by atoms with Gasteiger partial charge in [0.2, 0.25) is 0 Å². The van der Waals surface area contributed by atoms with Crippen LogP contribution in [0.2, 0.25) is 0 Å². The second-order valence-corrected chi connectivity index (χ2v) is 13.3. The first-order chi connectivity index (χ1) is 18.0. The molecule has 0 atom stereocenters. The van der Waals surface area contributed by atoms with Gasteiger partial charge < -0.3 is 0 Å². The highest BCUT2D eigenvalue weighted by Crippen LogP contribution is 2.55. The number of pyridine rings is 1. The maximum Gasteiger partial charge on any atom is 0.0749 e. The first-order valence-electron chi connectivity index (χ1n) is 13.8. The summed E-state index contributed by atoms with van der Waals surface area (Å²) in [6, 6.07) is 29.7. The molecule has 1 heteroatoms. The van der Waals surface area contributed by atoms with Crippen LogP contribution < -0.4 is 0 Å². The molecule has 0 bridgehead atoms. The lowest BCUT2D eigenvalue weighted by molar-refractivity contribution is 0.584. The molecule has 1 aromatic heterocycles. The van der Waals surface area contributed by atoms with Crippen molar-refractivity contribution in [2.75, 3.05) is 0 Å². The second kappa shape index (κ2) is 7.44. The Bertz CT molecular complexity index is 1790. The van der Waals surface area contributed by atoms with E-state index in [1.54, 1.807) is 0 Å². The van der Waals surface area contributed by atoms with Gasteiger partial charge in [-0.05, 0) is 78.4 Å². The molecule has 0 fully saturated rings. The molecule has 0 amide bonds. The molecule has 0 N–H and O–H groups in total. The number of benzene rings is 4. The average molecular weight is 494 g/mol. The summed E-state index contributed by atoms with van der Waals surface area (Å²) in [7, 11) is 0. The summed E-state index contributed by atoms with van der Waals surface area (Å²) < 4.78 is 0. The molecule has 0 aliphatic heterocycles. The smallest absolute Gasteiger partial charge is 0.0749 e. The molecule has 188 valence electrons. The third-order valence-electron chi connectivity index (χ3n) is 9.24. The van der Waals surface area contributed by atoms with Crippen LogP contribution >= 0.6 is 0 Å². The summed E-state index contributed by atoms with van der Waals surface area (Å²) in [5, 5.41) is 2.64. The molecule has 5 aromatic rings. The van der Waals surface area contributed by atoms with Crippen molar-refractivity contribution in [1.29, 1.82) is 0 Å². The molecule has 2 aliphatic rings. The second-order valence-electron chi connectivity index (χ2n) is 13.3. The van der Waals surface area contributed by atoms with E-state index in [1.807, 2.05) is 6.20 Å². The van der Waals surface area contributed by atoms with E-state index in [9.17, 15) is 0 Å². The zero-order valence-corrected chi connectivity index (χ0v) is 23.5. The van der Waals surface area contributed by atoms with E-state index in [0.717, 1.165) is 5.69 Å². The number of hydrogen-bond acceptors (Lipinski definition) is 1. The van der Waals surface area contributed by atoms with E-state index in [1.165, 1.54) is 66.4 Å². The Labute approximate surface area is 226 Å². The molecule has 7 rings (SSSR count). The van der Waals surface area contributed by atoms with E-state index < -0.39 is 0 Å². The number of nitrogens with zero attached hydrogens (tertiary/aromatic N) is 1. The molecule has 0 saturated carbocycles. The van der Waals surface area contributed by atoms with Crippen molar-refractivity contribution in [2.45, 2.75) is 64.7 Å². The number of hydrogen-bond donors (Lipinski definition) is 0. The fourth-order valence-electron chi connectivity index (χ4n) is 7.20. The van der Waals surface area contributed by atoms with Crippen LogP contribution in [0.1, 0.15) is 76.3 Å². The zero-order chi connectivity index (χ0) is 26.6. The van der Waals surface area contributed by atoms with Gasteiger partial charge in [-0.1, -0.05) is 115 Å². The van der Waals surface area contributed by atoms with Gasteiger partial charge in [-0.2, -0.15) is 0 Å². The Hall–Kier alpha value is -3.71. The van der Waals surface area contributed by atoms with Gasteiger partial charge in [0.25, 0.3) is 0 Å². The van der Waals surface area contributed by atoms with Crippen molar-refractivity contribution in [3.8, 4) is 33.5 Å². The average Bonchev–Trinajstić information content (AvgIpc) is 3.27. The van der Waals surface area contributed by atoms with Gasteiger partial charge in [-0.15, -0.1) is 0 Å². The molecule has 0 saturated heterocycles. The minimum atomic E-state index is -0.146. The minimum Gasteiger partial charge on any atom is -0.256 e. The summed E-state index contributed by atoms with van der Waals surface area (Å²) in [6.45, 7) is 16.4. The van der Waals surface area contributed by atoms with Crippen molar-refractivity contribution in [1.82, 2.24) is 4.98 Å². The fourth-order valence-corrected chi connectivity index (χ4v) is 7.20. The van der Waals surface area contributed by atoms with Gasteiger partial charge >= 0.3 is 0 Å². The standard InChI is InChI=1S/C37H35N/c1-35(2,3)24-14-16-26-29-20-23(13-17-30(29)36(4,5)31(26)21-24)34-33-28(18-19-38-34)27-15-12-22-10-8-9-11-25(22)32(27)37(33,6)7/h8-21H,1-7H3. The highest BCUT2D eigenvalue weighted by molar-refractivity contribution is 5.99. The molecule has 1 heterocycles. The van der Waals surface area contributed by atoms with E-state index in [4.69, 9.17) is 4.98 Å². The van der Waals surface area contributed by atoms with Gasteiger partial charge in [-0.3, -0.25) is 4.98 Å². The van der Waals surface area contributed by atoms with Gasteiger partial charge in [0, 0.05) is 22.6 Å². The highest BCUT2D eigenvalue weighted by atomic mass is 14.7. The van der Waals surface area contributed by atoms with Crippen LogP contribution in [0.4, 0.5) is 0 Å². The van der Waals surface area contributed by atoms with Crippen LogP contribution in [-0.4, -0.2) is 4.98 Å². The van der Waals surface area contributed by atoms with E-state index in [0.29, 0.717) is 0 Å². The van der Waals surface area contributed by atoms with Crippen molar-refractivity contribution >= 4 is 10.8 Å². The molecule has 38 heavy (non-hydrogen) atoms. The van der Waals surface area contributed by atoms with Crippen molar-refractivity contribution in [3.05, 3.63) is 113 Å². The van der Waals surface area contributed by atoms with Gasteiger partial charge in [-0.25, -0.2) is 0 Å². The maximum atomic E-state index is 5.04. The molecule has 2 aliphatic carbocycles. The van der Waals surface area contributed by atoms with Crippen LogP contribution in [0.25, 0.3) is 44.3 Å². The molecular weight excluding hydrogens is 458 g/mol. The first kappa shape index (κ1) is 23.4. The lowest BCUT2D eigenvalue weighted by atomic mass is 9.78. The molecular formula is C37H35N. The number of rotatable bonds is 1. The van der Waals surface area contributed by atoms with Crippen LogP contribution in [0.5, 0.6) is 0 Å². The van der Waals surface area contributed by atoms with E-state index in [-0.39, 0.29) is 16.2 Å². The van der Waals surface area contributed by atoms with Gasteiger partial charge in [0.05, 0.1) is 5.69 Å². The summed E-state index contributed by atoms with van der Waals surface area (Å²) in [5.74, 6) is 0. The van der Waals surface area contributed by atoms with Gasteiger partial charge in [0.1, 0.15) is 0 Å². The van der Waals surface area contributed by atoms with E-state index >= 15 is 0 Å². The quantitative estimate of drug-likeness (QED) is 0.226. The minimum absolute atomic E-state index is 0.0229. The Balaban J connectivity index is 1.43. The third-order valence-corrected chi connectivity index (χ3v) is 9.24. The summed E-state index contributed by atoms with van der Waals surface area (Å²) in [5.41, 5.74) is 14.6. The molecule has 0 radical (unpaired) electrons. The summed E-state index contributed by atoms with van der Waals surface area (Å²) >= 11 is 0. The Morgan fingerprint density at radius 3 is 2.13 bits per heavy atom. The molecule has 1 nitrogen and oxygen atoms in total. The highest BCUT2D eigenvalue weighted by Gasteiger charge is 2.40. The van der Waals surface area contributed by atoms with Crippen molar-refractivity contribution in [2.24, 2.45) is 0 Å². The Morgan fingerprint density at radius 1 is 0.605 bits per heavy atom. The fraction of sp³-hybridized carbons (Fsp3) is 0.270. The van der Waals surface area contributed by atoms with Crippen LogP contribution in [0.15, 0.2) is 85.1 Å². The van der Waals surface area contributed by atoms with Crippen molar-refractivity contribution in [3.63, 3.8) is 0 Å². The van der Waals surface area contributed by atoms with Crippen molar-refractivity contribution < 1.29 is 0 Å². The number of aromatic nitrogens is 1.